The summed E-state index contributed by atoms with van der Waals surface area (Å²) in [4.78, 5) is 8.71. The summed E-state index contributed by atoms with van der Waals surface area (Å²) in [5.74, 6) is 3.32. The molecule has 4 aliphatic carbocycles. The van der Waals surface area contributed by atoms with Crippen LogP contribution < -0.4 is 0 Å². The molecule has 2 saturated carbocycles. The molecule has 2 heteroatoms. The van der Waals surface area contributed by atoms with Crippen molar-refractivity contribution in [1.82, 2.24) is 9.97 Å². The molecule has 1 aromatic carbocycles. The summed E-state index contributed by atoms with van der Waals surface area (Å²) in [6.07, 6.45) is 9.16. The number of pyridine rings is 1. The van der Waals surface area contributed by atoms with Crippen molar-refractivity contribution in [1.29, 1.82) is 0 Å². The largest absolute Gasteiger partial charge is 0.353 e. The molecule has 1 N–H and O–H groups in total. The molecule has 2 fully saturated rings. The highest BCUT2D eigenvalue weighted by molar-refractivity contribution is 6.09. The summed E-state index contributed by atoms with van der Waals surface area (Å²) in [6, 6.07) is 7.02. The molecule has 4 aliphatic rings. The van der Waals surface area contributed by atoms with Crippen LogP contribution in [0.4, 0.5) is 0 Å². The molecule has 2 heterocycles. The van der Waals surface area contributed by atoms with Gasteiger partial charge in [0.25, 0.3) is 0 Å². The lowest BCUT2D eigenvalue weighted by molar-refractivity contribution is 0.165. The van der Waals surface area contributed by atoms with Crippen molar-refractivity contribution >= 4 is 21.8 Å². The van der Waals surface area contributed by atoms with Crippen LogP contribution in [0.15, 0.2) is 24.4 Å². The van der Waals surface area contributed by atoms with Gasteiger partial charge in [-0.25, -0.2) is 0 Å². The smallest absolute Gasteiger partial charge is 0.0654 e. The highest BCUT2D eigenvalue weighted by atomic mass is 14.8. The SMILES string of the molecule is CC(C)(C)c1ccc2[nH]c3cnc4c(c3c2c1)C1CC2CC(CC4C2)C1. The predicted molar refractivity (Wildman–Crippen MR) is 108 cm³/mol. The standard InChI is InChI=1S/C24H28N2/c1-24(2,3)17-4-5-19-18(11-17)22-20(26-19)12-25-23-16-9-13-6-14(10-16)8-15(7-13)21(22)23/h4-5,11-16,26H,6-10H2,1-3H3. The van der Waals surface area contributed by atoms with Crippen molar-refractivity contribution in [3.05, 3.63) is 41.2 Å². The number of benzene rings is 1. The van der Waals surface area contributed by atoms with Gasteiger partial charge in [-0.05, 0) is 78.5 Å². The average molecular weight is 345 g/mol. The molecule has 0 aliphatic heterocycles. The van der Waals surface area contributed by atoms with Crippen LogP contribution in [-0.4, -0.2) is 9.97 Å². The van der Waals surface area contributed by atoms with Crippen LogP contribution in [0.5, 0.6) is 0 Å². The van der Waals surface area contributed by atoms with Gasteiger partial charge in [-0.2, -0.15) is 0 Å². The highest BCUT2D eigenvalue weighted by Gasteiger charge is 2.43. The first-order valence-electron chi connectivity index (χ1n) is 10.4. The van der Waals surface area contributed by atoms with E-state index in [9.17, 15) is 0 Å². The molecule has 0 saturated heterocycles. The van der Waals surface area contributed by atoms with Gasteiger partial charge in [0.05, 0.1) is 11.7 Å². The first kappa shape index (κ1) is 15.2. The minimum atomic E-state index is 0.180. The number of H-pyrrole nitrogens is 1. The molecular weight excluding hydrogens is 316 g/mol. The summed E-state index contributed by atoms with van der Waals surface area (Å²) in [5.41, 5.74) is 7.19. The lowest BCUT2D eigenvalue weighted by Gasteiger charge is -2.38. The van der Waals surface area contributed by atoms with Crippen LogP contribution >= 0.6 is 0 Å². The molecular formula is C24H28N2. The normalized spacial score (nSPS) is 30.1. The summed E-state index contributed by atoms with van der Waals surface area (Å²) in [6.45, 7) is 6.93. The number of hydrogen-bond donors (Lipinski definition) is 1. The minimum Gasteiger partial charge on any atom is -0.353 e. The molecule has 7 rings (SSSR count). The number of nitrogens with zero attached hydrogens (tertiary/aromatic N) is 1. The quantitative estimate of drug-likeness (QED) is 0.502. The van der Waals surface area contributed by atoms with Gasteiger partial charge in [0.2, 0.25) is 0 Å². The Morgan fingerprint density at radius 1 is 0.923 bits per heavy atom. The van der Waals surface area contributed by atoms with E-state index >= 15 is 0 Å². The van der Waals surface area contributed by atoms with Crippen LogP contribution in [0.1, 0.15) is 81.5 Å². The molecule has 4 bridgehead atoms. The molecule has 2 atom stereocenters. The molecule has 134 valence electrons. The number of rotatable bonds is 0. The van der Waals surface area contributed by atoms with E-state index in [2.05, 4.69) is 50.2 Å². The summed E-state index contributed by atoms with van der Waals surface area (Å²) < 4.78 is 0. The third kappa shape index (κ3) is 2.02. The van der Waals surface area contributed by atoms with E-state index in [1.165, 1.54) is 65.2 Å². The van der Waals surface area contributed by atoms with Gasteiger partial charge in [-0.15, -0.1) is 0 Å². The first-order chi connectivity index (χ1) is 12.5. The summed E-state index contributed by atoms with van der Waals surface area (Å²) >= 11 is 0. The predicted octanol–water partition coefficient (Wildman–Crippen LogP) is 6.40. The summed E-state index contributed by atoms with van der Waals surface area (Å²) in [7, 11) is 0. The average Bonchev–Trinajstić information content (AvgIpc) is 2.88. The minimum absolute atomic E-state index is 0.180. The molecule has 2 unspecified atom stereocenters. The maximum atomic E-state index is 5.04. The first-order valence-corrected chi connectivity index (χ1v) is 10.4. The molecule has 3 aromatic rings. The lowest BCUT2D eigenvalue weighted by atomic mass is 9.67. The molecule has 26 heavy (non-hydrogen) atoms. The Hall–Kier alpha value is -1.83. The van der Waals surface area contributed by atoms with E-state index in [4.69, 9.17) is 4.98 Å². The Labute approximate surface area is 155 Å². The van der Waals surface area contributed by atoms with Crippen LogP contribution in [0.2, 0.25) is 0 Å². The second-order valence-electron chi connectivity index (χ2n) is 10.3. The van der Waals surface area contributed by atoms with Crippen molar-refractivity contribution in [3.8, 4) is 0 Å². The van der Waals surface area contributed by atoms with Gasteiger partial charge in [0, 0.05) is 27.9 Å². The second kappa shape index (κ2) is 4.91. The molecule has 0 amide bonds. The van der Waals surface area contributed by atoms with Gasteiger partial charge in [-0.1, -0.05) is 26.8 Å². The molecule has 2 aromatic heterocycles. The van der Waals surface area contributed by atoms with E-state index in [1.54, 1.807) is 5.56 Å². The van der Waals surface area contributed by atoms with Gasteiger partial charge < -0.3 is 4.98 Å². The van der Waals surface area contributed by atoms with E-state index in [-0.39, 0.29) is 5.41 Å². The number of nitrogens with one attached hydrogen (secondary N) is 1. The fraction of sp³-hybridized carbons (Fsp3) is 0.542. The number of hydrogen-bond acceptors (Lipinski definition) is 1. The Bertz CT molecular complexity index is 1020. The van der Waals surface area contributed by atoms with E-state index in [0.717, 1.165) is 17.8 Å². The second-order valence-corrected chi connectivity index (χ2v) is 10.3. The maximum absolute atomic E-state index is 5.04. The Kier molecular flexibility index (Phi) is 2.88. The fourth-order valence-corrected chi connectivity index (χ4v) is 6.45. The van der Waals surface area contributed by atoms with Gasteiger partial charge >= 0.3 is 0 Å². The number of aromatic nitrogens is 2. The van der Waals surface area contributed by atoms with Crippen LogP contribution in [0.3, 0.4) is 0 Å². The monoisotopic (exact) mass is 344 g/mol. The number of aromatic amines is 1. The summed E-state index contributed by atoms with van der Waals surface area (Å²) in [5, 5.41) is 2.92. The molecule has 0 spiro atoms. The Balaban J connectivity index is 1.68. The third-order valence-corrected chi connectivity index (χ3v) is 7.50. The third-order valence-electron chi connectivity index (χ3n) is 7.50. The van der Waals surface area contributed by atoms with E-state index in [0.29, 0.717) is 5.92 Å². The number of fused-ring (bicyclic) bond motifs is 3. The Morgan fingerprint density at radius 2 is 1.65 bits per heavy atom. The topological polar surface area (TPSA) is 28.7 Å². The van der Waals surface area contributed by atoms with Crippen LogP contribution in [-0.2, 0) is 5.41 Å². The van der Waals surface area contributed by atoms with Crippen molar-refractivity contribution < 1.29 is 0 Å². The highest BCUT2D eigenvalue weighted by Crippen LogP contribution is 2.57. The van der Waals surface area contributed by atoms with Gasteiger partial charge in [-0.3, -0.25) is 4.98 Å². The zero-order valence-electron chi connectivity index (χ0n) is 16.1. The zero-order valence-corrected chi connectivity index (χ0v) is 16.1. The van der Waals surface area contributed by atoms with E-state index in [1.807, 2.05) is 0 Å². The van der Waals surface area contributed by atoms with Crippen molar-refractivity contribution in [2.24, 2.45) is 11.8 Å². The lowest BCUT2D eigenvalue weighted by Crippen LogP contribution is -2.25. The zero-order chi connectivity index (χ0) is 17.6. The van der Waals surface area contributed by atoms with Crippen molar-refractivity contribution in [3.63, 3.8) is 0 Å². The van der Waals surface area contributed by atoms with Crippen LogP contribution in [0, 0.1) is 11.8 Å². The Morgan fingerprint density at radius 3 is 2.38 bits per heavy atom. The van der Waals surface area contributed by atoms with Crippen molar-refractivity contribution in [2.45, 2.75) is 70.1 Å². The van der Waals surface area contributed by atoms with Gasteiger partial charge in [0.15, 0.2) is 0 Å². The fourth-order valence-electron chi connectivity index (χ4n) is 6.45. The van der Waals surface area contributed by atoms with E-state index < -0.39 is 0 Å². The molecule has 2 nitrogen and oxygen atoms in total. The van der Waals surface area contributed by atoms with Crippen LogP contribution in [0.25, 0.3) is 21.8 Å². The van der Waals surface area contributed by atoms with Crippen molar-refractivity contribution in [2.75, 3.05) is 0 Å². The van der Waals surface area contributed by atoms with Gasteiger partial charge in [0.1, 0.15) is 0 Å². The maximum Gasteiger partial charge on any atom is 0.0654 e. The molecule has 0 radical (unpaired) electrons.